The summed E-state index contributed by atoms with van der Waals surface area (Å²) in [6, 6.07) is 7.77. The second kappa shape index (κ2) is 4.54. The largest absolute Gasteiger partial charge is 0.493 e. The maximum atomic E-state index is 10.00. The number of ether oxygens (including phenoxy) is 1. The van der Waals surface area contributed by atoms with E-state index in [-0.39, 0.29) is 0 Å². The number of hydrogen-bond donors (Lipinski definition) is 0. The first-order valence-corrected chi connectivity index (χ1v) is 3.96. The number of aldehydes is 1. The predicted octanol–water partition coefficient (Wildman–Crippen LogP) is 1.96. The lowest BCUT2D eigenvalue weighted by Crippen LogP contribution is -1.98. The molecule has 1 aromatic carbocycles. The van der Waals surface area contributed by atoms with Crippen molar-refractivity contribution in [1.29, 1.82) is 0 Å². The van der Waals surface area contributed by atoms with Crippen LogP contribution in [0.4, 0.5) is 0 Å². The Morgan fingerprint density at radius 3 is 2.83 bits per heavy atom. The Kier molecular flexibility index (Phi) is 3.33. The van der Waals surface area contributed by atoms with Gasteiger partial charge in [0.15, 0.2) is 0 Å². The zero-order valence-electron chi connectivity index (χ0n) is 7.12. The van der Waals surface area contributed by atoms with Gasteiger partial charge in [0.05, 0.1) is 6.61 Å². The van der Waals surface area contributed by atoms with Gasteiger partial charge >= 0.3 is 0 Å². The predicted molar refractivity (Wildman–Crippen MR) is 47.4 cm³/mol. The summed E-state index contributed by atoms with van der Waals surface area (Å²) in [5, 5.41) is 0. The van der Waals surface area contributed by atoms with Crippen molar-refractivity contribution in [2.45, 2.75) is 13.3 Å². The Bertz CT molecular complexity index is 256. The minimum atomic E-state index is 0.453. The highest BCUT2D eigenvalue weighted by atomic mass is 16.5. The third-order valence-corrected chi connectivity index (χ3v) is 1.59. The van der Waals surface area contributed by atoms with Gasteiger partial charge in [-0.15, -0.1) is 0 Å². The fourth-order valence-electron chi connectivity index (χ4n) is 0.935. The SMILES string of the molecule is Cc1ccccc1OCCC=O. The van der Waals surface area contributed by atoms with Crippen LogP contribution in [0.15, 0.2) is 24.3 Å². The Labute approximate surface area is 72.2 Å². The molecule has 0 atom stereocenters. The lowest BCUT2D eigenvalue weighted by Gasteiger charge is -2.05. The van der Waals surface area contributed by atoms with Crippen LogP contribution in [0.25, 0.3) is 0 Å². The summed E-state index contributed by atoms with van der Waals surface area (Å²) in [7, 11) is 0. The van der Waals surface area contributed by atoms with Crippen LogP contribution in [0.1, 0.15) is 12.0 Å². The van der Waals surface area contributed by atoms with E-state index >= 15 is 0 Å². The fourth-order valence-corrected chi connectivity index (χ4v) is 0.935. The molecule has 2 heteroatoms. The summed E-state index contributed by atoms with van der Waals surface area (Å²) >= 11 is 0. The van der Waals surface area contributed by atoms with Crippen LogP contribution in [0, 0.1) is 6.92 Å². The van der Waals surface area contributed by atoms with E-state index < -0.39 is 0 Å². The molecule has 1 aromatic rings. The van der Waals surface area contributed by atoms with Crippen LogP contribution < -0.4 is 4.74 Å². The fraction of sp³-hybridized carbons (Fsp3) is 0.300. The quantitative estimate of drug-likeness (QED) is 0.502. The lowest BCUT2D eigenvalue weighted by molar-refractivity contribution is -0.108. The molecule has 0 N–H and O–H groups in total. The van der Waals surface area contributed by atoms with Crippen molar-refractivity contribution >= 4 is 6.29 Å². The molecule has 0 amide bonds. The average molecular weight is 164 g/mol. The molecule has 0 spiro atoms. The highest BCUT2D eigenvalue weighted by Gasteiger charge is 1.95. The molecule has 0 saturated heterocycles. The Balaban J connectivity index is 2.51. The first-order chi connectivity index (χ1) is 5.84. The molecule has 64 valence electrons. The molecule has 0 heterocycles. The van der Waals surface area contributed by atoms with Crippen molar-refractivity contribution in [3.63, 3.8) is 0 Å². The summed E-state index contributed by atoms with van der Waals surface area (Å²) in [4.78, 5) is 10.00. The minimum Gasteiger partial charge on any atom is -0.493 e. The smallest absolute Gasteiger partial charge is 0.123 e. The van der Waals surface area contributed by atoms with Crippen LogP contribution >= 0.6 is 0 Å². The van der Waals surface area contributed by atoms with E-state index in [9.17, 15) is 4.79 Å². The van der Waals surface area contributed by atoms with Crippen LogP contribution in [0.5, 0.6) is 5.75 Å². The van der Waals surface area contributed by atoms with E-state index in [1.54, 1.807) is 0 Å². The first kappa shape index (κ1) is 8.78. The summed E-state index contributed by atoms with van der Waals surface area (Å²) in [6.07, 6.45) is 1.31. The van der Waals surface area contributed by atoms with Gasteiger partial charge in [-0.05, 0) is 18.6 Å². The third kappa shape index (κ3) is 2.38. The number of carbonyl (C=O) groups excluding carboxylic acids is 1. The van der Waals surface area contributed by atoms with Gasteiger partial charge in [-0.1, -0.05) is 18.2 Å². The molecule has 0 aromatic heterocycles. The van der Waals surface area contributed by atoms with E-state index in [0.717, 1.165) is 17.6 Å². The average Bonchev–Trinajstić information content (AvgIpc) is 2.09. The van der Waals surface area contributed by atoms with Gasteiger partial charge in [0.2, 0.25) is 0 Å². The van der Waals surface area contributed by atoms with Gasteiger partial charge in [-0.2, -0.15) is 0 Å². The van der Waals surface area contributed by atoms with E-state index in [1.165, 1.54) is 0 Å². The molecule has 0 unspecified atom stereocenters. The number of hydrogen-bond acceptors (Lipinski definition) is 2. The second-order valence-electron chi connectivity index (χ2n) is 2.57. The lowest BCUT2D eigenvalue weighted by atomic mass is 10.2. The molecule has 1 rings (SSSR count). The van der Waals surface area contributed by atoms with Gasteiger partial charge in [0.25, 0.3) is 0 Å². The summed E-state index contributed by atoms with van der Waals surface area (Å²) in [6.45, 7) is 2.45. The van der Waals surface area contributed by atoms with Crippen LogP contribution in [-0.2, 0) is 4.79 Å². The van der Waals surface area contributed by atoms with Gasteiger partial charge < -0.3 is 9.53 Å². The molecular weight excluding hydrogens is 152 g/mol. The number of carbonyl (C=O) groups is 1. The maximum Gasteiger partial charge on any atom is 0.123 e. The highest BCUT2D eigenvalue weighted by molar-refractivity contribution is 5.49. The molecule has 0 fully saturated rings. The molecule has 0 aliphatic rings. The summed E-state index contributed by atoms with van der Waals surface area (Å²) < 4.78 is 5.35. The highest BCUT2D eigenvalue weighted by Crippen LogP contribution is 2.15. The van der Waals surface area contributed by atoms with Crippen LogP contribution in [0.2, 0.25) is 0 Å². The van der Waals surface area contributed by atoms with Gasteiger partial charge in [-0.25, -0.2) is 0 Å². The van der Waals surface area contributed by atoms with E-state index in [0.29, 0.717) is 13.0 Å². The molecule has 12 heavy (non-hydrogen) atoms. The molecule has 0 saturated carbocycles. The van der Waals surface area contributed by atoms with Crippen molar-refractivity contribution < 1.29 is 9.53 Å². The molecule has 0 bridgehead atoms. The topological polar surface area (TPSA) is 26.3 Å². The van der Waals surface area contributed by atoms with Crippen molar-refractivity contribution in [3.8, 4) is 5.75 Å². The van der Waals surface area contributed by atoms with Gasteiger partial charge in [-0.3, -0.25) is 0 Å². The Hall–Kier alpha value is -1.31. The van der Waals surface area contributed by atoms with Crippen molar-refractivity contribution in [3.05, 3.63) is 29.8 Å². The van der Waals surface area contributed by atoms with Crippen LogP contribution in [0.3, 0.4) is 0 Å². The molecule has 2 nitrogen and oxygen atoms in total. The van der Waals surface area contributed by atoms with Gasteiger partial charge in [0.1, 0.15) is 12.0 Å². The monoisotopic (exact) mass is 164 g/mol. The zero-order valence-corrected chi connectivity index (χ0v) is 7.12. The number of benzene rings is 1. The van der Waals surface area contributed by atoms with Crippen LogP contribution in [-0.4, -0.2) is 12.9 Å². The Morgan fingerprint density at radius 2 is 2.17 bits per heavy atom. The third-order valence-electron chi connectivity index (χ3n) is 1.59. The standard InChI is InChI=1S/C10H12O2/c1-9-5-2-3-6-10(9)12-8-4-7-11/h2-3,5-7H,4,8H2,1H3. The second-order valence-corrected chi connectivity index (χ2v) is 2.57. The number of para-hydroxylation sites is 1. The Morgan fingerprint density at radius 1 is 1.42 bits per heavy atom. The first-order valence-electron chi connectivity index (χ1n) is 3.96. The summed E-state index contributed by atoms with van der Waals surface area (Å²) in [5.74, 6) is 0.861. The molecule has 0 aliphatic carbocycles. The zero-order chi connectivity index (χ0) is 8.81. The van der Waals surface area contributed by atoms with E-state index in [2.05, 4.69) is 0 Å². The normalized spacial score (nSPS) is 9.42. The van der Waals surface area contributed by atoms with Crippen molar-refractivity contribution in [2.24, 2.45) is 0 Å². The number of rotatable bonds is 4. The van der Waals surface area contributed by atoms with Gasteiger partial charge in [0, 0.05) is 6.42 Å². The van der Waals surface area contributed by atoms with Crippen molar-refractivity contribution in [1.82, 2.24) is 0 Å². The number of aryl methyl sites for hydroxylation is 1. The molecule has 0 radical (unpaired) electrons. The van der Waals surface area contributed by atoms with Crippen molar-refractivity contribution in [2.75, 3.05) is 6.61 Å². The molecular formula is C10H12O2. The van der Waals surface area contributed by atoms with E-state index in [1.807, 2.05) is 31.2 Å². The van der Waals surface area contributed by atoms with E-state index in [4.69, 9.17) is 4.74 Å². The molecule has 0 aliphatic heterocycles. The summed E-state index contributed by atoms with van der Waals surface area (Å²) in [5.41, 5.74) is 1.10. The minimum absolute atomic E-state index is 0.453. The maximum absolute atomic E-state index is 10.00.